The van der Waals surface area contributed by atoms with Crippen molar-refractivity contribution in [3.8, 4) is 11.3 Å². The molecule has 108 valence electrons. The summed E-state index contributed by atoms with van der Waals surface area (Å²) >= 11 is 0. The maximum absolute atomic E-state index is 10.9. The van der Waals surface area contributed by atoms with E-state index in [9.17, 15) is 4.79 Å². The Morgan fingerprint density at radius 1 is 1.00 bits per heavy atom. The Balaban J connectivity index is 1.90. The van der Waals surface area contributed by atoms with Crippen molar-refractivity contribution in [2.24, 2.45) is 0 Å². The number of aldehydes is 1. The highest BCUT2D eigenvalue weighted by Crippen LogP contribution is 2.22. The van der Waals surface area contributed by atoms with Crippen molar-refractivity contribution in [1.29, 1.82) is 0 Å². The summed E-state index contributed by atoms with van der Waals surface area (Å²) in [6.07, 6.45) is 2.30. The summed E-state index contributed by atoms with van der Waals surface area (Å²) in [4.78, 5) is 19.3. The van der Waals surface area contributed by atoms with Gasteiger partial charge in [0.25, 0.3) is 0 Å². The Labute approximate surface area is 127 Å². The molecule has 0 spiro atoms. The topological polar surface area (TPSA) is 80.9 Å². The highest BCUT2D eigenvalue weighted by atomic mass is 16.1. The van der Waals surface area contributed by atoms with Gasteiger partial charge in [-0.2, -0.15) is 0 Å². The molecule has 2 aromatic carbocycles. The third-order valence-electron chi connectivity index (χ3n) is 3.14. The van der Waals surface area contributed by atoms with Crippen molar-refractivity contribution in [3.05, 3.63) is 66.5 Å². The van der Waals surface area contributed by atoms with Gasteiger partial charge in [0.05, 0.1) is 5.69 Å². The first-order valence-corrected chi connectivity index (χ1v) is 6.75. The summed E-state index contributed by atoms with van der Waals surface area (Å²) in [5.41, 5.74) is 9.51. The van der Waals surface area contributed by atoms with Gasteiger partial charge < -0.3 is 11.1 Å². The van der Waals surface area contributed by atoms with Gasteiger partial charge in [0, 0.05) is 28.6 Å². The highest BCUT2D eigenvalue weighted by Gasteiger charge is 2.04. The lowest BCUT2D eigenvalue weighted by Gasteiger charge is -2.08. The molecule has 0 aliphatic heterocycles. The van der Waals surface area contributed by atoms with Crippen LogP contribution in [0.3, 0.4) is 0 Å². The summed E-state index contributed by atoms with van der Waals surface area (Å²) < 4.78 is 0. The van der Waals surface area contributed by atoms with Crippen molar-refractivity contribution in [3.63, 3.8) is 0 Å². The molecule has 0 fully saturated rings. The lowest BCUT2D eigenvalue weighted by atomic mass is 10.1. The Morgan fingerprint density at radius 2 is 1.86 bits per heavy atom. The van der Waals surface area contributed by atoms with Crippen LogP contribution < -0.4 is 11.1 Å². The lowest BCUT2D eigenvalue weighted by Crippen LogP contribution is -1.96. The molecule has 1 heterocycles. The predicted octanol–water partition coefficient (Wildman–Crippen LogP) is 3.28. The number of aromatic nitrogens is 2. The van der Waals surface area contributed by atoms with E-state index in [0.717, 1.165) is 23.2 Å². The second kappa shape index (κ2) is 6.05. The summed E-state index contributed by atoms with van der Waals surface area (Å²) in [6, 6.07) is 16.5. The number of hydrogen-bond donors (Lipinski definition) is 2. The number of benzene rings is 2. The van der Waals surface area contributed by atoms with E-state index in [1.165, 1.54) is 6.33 Å². The van der Waals surface area contributed by atoms with Crippen LogP contribution in [-0.2, 0) is 0 Å². The van der Waals surface area contributed by atoms with Crippen LogP contribution >= 0.6 is 0 Å². The molecule has 3 N–H and O–H groups in total. The quantitative estimate of drug-likeness (QED) is 0.569. The van der Waals surface area contributed by atoms with Crippen LogP contribution in [0.15, 0.2) is 60.9 Å². The molecule has 5 heteroatoms. The van der Waals surface area contributed by atoms with Gasteiger partial charge >= 0.3 is 0 Å². The van der Waals surface area contributed by atoms with E-state index in [1.807, 2.05) is 42.5 Å². The number of anilines is 3. The van der Waals surface area contributed by atoms with Gasteiger partial charge in [-0.3, -0.25) is 4.79 Å². The Kier molecular flexibility index (Phi) is 3.78. The first kappa shape index (κ1) is 13.8. The average Bonchev–Trinajstić information content (AvgIpc) is 2.55. The van der Waals surface area contributed by atoms with Crippen molar-refractivity contribution in [2.45, 2.75) is 0 Å². The van der Waals surface area contributed by atoms with E-state index in [2.05, 4.69) is 15.3 Å². The molecule has 0 saturated carbocycles. The van der Waals surface area contributed by atoms with Gasteiger partial charge in [-0.15, -0.1) is 0 Å². The van der Waals surface area contributed by atoms with Gasteiger partial charge in [0.2, 0.25) is 0 Å². The third kappa shape index (κ3) is 3.09. The molecule has 0 radical (unpaired) electrons. The molecular formula is C17H14N4O. The van der Waals surface area contributed by atoms with Crippen LogP contribution in [-0.4, -0.2) is 16.3 Å². The summed E-state index contributed by atoms with van der Waals surface area (Å²) in [6.45, 7) is 0. The standard InChI is InChI=1S/C17H14N4O/c18-14-5-2-6-15(8-14)21-17-9-16(19-11-20-17)13-4-1-3-12(7-13)10-22/h1-11H,18H2,(H,19,20,21). The summed E-state index contributed by atoms with van der Waals surface area (Å²) in [5.74, 6) is 0.659. The fraction of sp³-hybridized carbons (Fsp3) is 0. The van der Waals surface area contributed by atoms with E-state index in [-0.39, 0.29) is 0 Å². The zero-order valence-corrected chi connectivity index (χ0v) is 11.7. The van der Waals surface area contributed by atoms with Crippen molar-refractivity contribution in [1.82, 2.24) is 9.97 Å². The minimum Gasteiger partial charge on any atom is -0.399 e. The predicted molar refractivity (Wildman–Crippen MR) is 87.0 cm³/mol. The molecule has 0 amide bonds. The van der Waals surface area contributed by atoms with Crippen molar-refractivity contribution < 1.29 is 4.79 Å². The summed E-state index contributed by atoms with van der Waals surface area (Å²) in [5, 5.41) is 3.18. The Bertz CT molecular complexity index is 817. The number of rotatable bonds is 4. The van der Waals surface area contributed by atoms with Crippen LogP contribution in [0.25, 0.3) is 11.3 Å². The fourth-order valence-electron chi connectivity index (χ4n) is 2.12. The molecule has 1 aromatic heterocycles. The maximum atomic E-state index is 10.9. The molecule has 3 rings (SSSR count). The number of nitrogens with two attached hydrogens (primary N) is 1. The van der Waals surface area contributed by atoms with Crippen LogP contribution in [0.2, 0.25) is 0 Å². The second-order valence-electron chi connectivity index (χ2n) is 4.78. The van der Waals surface area contributed by atoms with Gasteiger partial charge in [0.15, 0.2) is 0 Å². The maximum Gasteiger partial charge on any atom is 0.150 e. The highest BCUT2D eigenvalue weighted by molar-refractivity contribution is 5.78. The molecule has 3 aromatic rings. The van der Waals surface area contributed by atoms with Crippen molar-refractivity contribution >= 4 is 23.5 Å². The molecule has 0 atom stereocenters. The normalized spacial score (nSPS) is 10.2. The fourth-order valence-corrected chi connectivity index (χ4v) is 2.12. The van der Waals surface area contributed by atoms with Gasteiger partial charge in [-0.1, -0.05) is 24.3 Å². The van der Waals surface area contributed by atoms with E-state index in [4.69, 9.17) is 5.73 Å². The van der Waals surface area contributed by atoms with Gasteiger partial charge in [-0.25, -0.2) is 9.97 Å². The average molecular weight is 290 g/mol. The smallest absolute Gasteiger partial charge is 0.150 e. The van der Waals surface area contributed by atoms with Crippen LogP contribution in [0.4, 0.5) is 17.2 Å². The van der Waals surface area contributed by atoms with Crippen molar-refractivity contribution in [2.75, 3.05) is 11.1 Å². The monoisotopic (exact) mass is 290 g/mol. The lowest BCUT2D eigenvalue weighted by molar-refractivity contribution is 0.112. The number of nitrogen functional groups attached to an aromatic ring is 1. The molecule has 22 heavy (non-hydrogen) atoms. The number of hydrogen-bond acceptors (Lipinski definition) is 5. The van der Waals surface area contributed by atoms with E-state index in [1.54, 1.807) is 12.1 Å². The van der Waals surface area contributed by atoms with Crippen LogP contribution in [0.5, 0.6) is 0 Å². The number of carbonyl (C=O) groups is 1. The molecule has 5 nitrogen and oxygen atoms in total. The number of nitrogens with one attached hydrogen (secondary N) is 1. The minimum absolute atomic E-state index is 0.612. The molecule has 0 aliphatic carbocycles. The molecule has 0 unspecified atom stereocenters. The molecule has 0 saturated heterocycles. The van der Waals surface area contributed by atoms with E-state index >= 15 is 0 Å². The SMILES string of the molecule is Nc1cccc(Nc2cc(-c3cccc(C=O)c3)ncn2)c1. The van der Waals surface area contributed by atoms with Crippen LogP contribution in [0, 0.1) is 0 Å². The zero-order chi connectivity index (χ0) is 15.4. The number of carbonyl (C=O) groups excluding carboxylic acids is 1. The Morgan fingerprint density at radius 3 is 2.68 bits per heavy atom. The molecule has 0 bridgehead atoms. The van der Waals surface area contributed by atoms with Crippen LogP contribution in [0.1, 0.15) is 10.4 Å². The van der Waals surface area contributed by atoms with E-state index in [0.29, 0.717) is 17.1 Å². The zero-order valence-electron chi connectivity index (χ0n) is 11.7. The minimum atomic E-state index is 0.612. The first-order chi connectivity index (χ1) is 10.7. The molecule has 0 aliphatic rings. The largest absolute Gasteiger partial charge is 0.399 e. The second-order valence-corrected chi connectivity index (χ2v) is 4.78. The third-order valence-corrected chi connectivity index (χ3v) is 3.14. The Hall–Kier alpha value is -3.21. The van der Waals surface area contributed by atoms with Gasteiger partial charge in [0.1, 0.15) is 18.4 Å². The van der Waals surface area contributed by atoms with Gasteiger partial charge in [-0.05, 0) is 24.3 Å². The number of nitrogens with zero attached hydrogens (tertiary/aromatic N) is 2. The molecular weight excluding hydrogens is 276 g/mol. The first-order valence-electron chi connectivity index (χ1n) is 6.75. The van der Waals surface area contributed by atoms with E-state index < -0.39 is 0 Å². The summed E-state index contributed by atoms with van der Waals surface area (Å²) in [7, 11) is 0.